The zero-order valence-corrected chi connectivity index (χ0v) is 7.64. The minimum Gasteiger partial charge on any atom is -0.329 e. The van der Waals surface area contributed by atoms with Crippen molar-refractivity contribution in [2.24, 2.45) is 11.7 Å². The van der Waals surface area contributed by atoms with Crippen LogP contribution < -0.4 is 11.1 Å². The van der Waals surface area contributed by atoms with E-state index in [0.29, 0.717) is 12.0 Å². The van der Waals surface area contributed by atoms with E-state index in [2.05, 4.69) is 25.7 Å². The van der Waals surface area contributed by atoms with Crippen molar-refractivity contribution >= 4 is 0 Å². The summed E-state index contributed by atoms with van der Waals surface area (Å²) in [5.41, 5.74) is 5.57. The lowest BCUT2D eigenvalue weighted by molar-refractivity contribution is 0.410. The summed E-state index contributed by atoms with van der Waals surface area (Å²) in [6.07, 6.45) is 2.93. The van der Waals surface area contributed by atoms with Gasteiger partial charge in [0, 0.05) is 12.6 Å². The van der Waals surface area contributed by atoms with Crippen LogP contribution in [0.25, 0.3) is 0 Å². The van der Waals surface area contributed by atoms with E-state index < -0.39 is 0 Å². The Morgan fingerprint density at radius 3 is 2.55 bits per heavy atom. The molecule has 0 aliphatic carbocycles. The van der Waals surface area contributed by atoms with Crippen molar-refractivity contribution in [2.45, 2.75) is 26.3 Å². The molecule has 0 rings (SSSR count). The van der Waals surface area contributed by atoms with E-state index in [1.807, 2.05) is 6.08 Å². The van der Waals surface area contributed by atoms with Crippen LogP contribution in [0.15, 0.2) is 12.7 Å². The molecular weight excluding hydrogens is 136 g/mol. The number of hydrogen-bond acceptors (Lipinski definition) is 2. The number of rotatable bonds is 6. The molecule has 11 heavy (non-hydrogen) atoms. The smallest absolute Gasteiger partial charge is 0.0213 e. The van der Waals surface area contributed by atoms with E-state index in [0.717, 1.165) is 19.5 Å². The topological polar surface area (TPSA) is 38.0 Å². The number of hydrogen-bond donors (Lipinski definition) is 2. The maximum Gasteiger partial charge on any atom is 0.0213 e. The van der Waals surface area contributed by atoms with E-state index in [1.54, 1.807) is 0 Å². The van der Waals surface area contributed by atoms with Crippen LogP contribution in [0.2, 0.25) is 0 Å². The molecule has 0 aromatic rings. The standard InChI is InChI=1S/C9H20N2/c1-4-5-6-11-9(7-10)8(2)3/h4,8-9,11H,1,5-7,10H2,2-3H3. The highest BCUT2D eigenvalue weighted by atomic mass is 14.9. The van der Waals surface area contributed by atoms with Gasteiger partial charge in [0.05, 0.1) is 0 Å². The second-order valence-corrected chi connectivity index (χ2v) is 3.12. The van der Waals surface area contributed by atoms with E-state index in [9.17, 15) is 0 Å². The first-order chi connectivity index (χ1) is 5.22. The fraction of sp³-hybridized carbons (Fsp3) is 0.778. The van der Waals surface area contributed by atoms with E-state index >= 15 is 0 Å². The minimum absolute atomic E-state index is 0.454. The molecular formula is C9H20N2. The van der Waals surface area contributed by atoms with Crippen LogP contribution in [-0.4, -0.2) is 19.1 Å². The second kappa shape index (κ2) is 6.38. The third-order valence-corrected chi connectivity index (χ3v) is 1.81. The molecule has 0 aromatic carbocycles. The fourth-order valence-electron chi connectivity index (χ4n) is 0.962. The molecule has 0 spiro atoms. The van der Waals surface area contributed by atoms with E-state index in [1.165, 1.54) is 0 Å². The van der Waals surface area contributed by atoms with Crippen molar-refractivity contribution in [1.82, 2.24) is 5.32 Å². The zero-order chi connectivity index (χ0) is 8.69. The first kappa shape index (κ1) is 10.7. The predicted molar refractivity (Wildman–Crippen MR) is 50.5 cm³/mol. The molecule has 0 amide bonds. The van der Waals surface area contributed by atoms with Crippen LogP contribution in [0.5, 0.6) is 0 Å². The Kier molecular flexibility index (Phi) is 6.18. The molecule has 1 unspecified atom stereocenters. The predicted octanol–water partition coefficient (Wildman–Crippen LogP) is 1.14. The van der Waals surface area contributed by atoms with Gasteiger partial charge in [-0.25, -0.2) is 0 Å². The normalized spacial score (nSPS) is 13.5. The Balaban J connectivity index is 3.43. The van der Waals surface area contributed by atoms with Crippen LogP contribution in [0.1, 0.15) is 20.3 Å². The van der Waals surface area contributed by atoms with Gasteiger partial charge < -0.3 is 11.1 Å². The first-order valence-electron chi connectivity index (χ1n) is 4.26. The molecule has 2 nitrogen and oxygen atoms in total. The van der Waals surface area contributed by atoms with Crippen molar-refractivity contribution in [3.8, 4) is 0 Å². The number of nitrogens with one attached hydrogen (secondary N) is 1. The summed E-state index contributed by atoms with van der Waals surface area (Å²) < 4.78 is 0. The maximum atomic E-state index is 5.57. The van der Waals surface area contributed by atoms with Gasteiger partial charge in [-0.2, -0.15) is 0 Å². The summed E-state index contributed by atoms with van der Waals surface area (Å²) in [5.74, 6) is 0.616. The van der Waals surface area contributed by atoms with Gasteiger partial charge in [0.25, 0.3) is 0 Å². The monoisotopic (exact) mass is 156 g/mol. The van der Waals surface area contributed by atoms with Gasteiger partial charge in [0.1, 0.15) is 0 Å². The largest absolute Gasteiger partial charge is 0.329 e. The van der Waals surface area contributed by atoms with Gasteiger partial charge in [-0.3, -0.25) is 0 Å². The van der Waals surface area contributed by atoms with Crippen LogP contribution >= 0.6 is 0 Å². The van der Waals surface area contributed by atoms with Gasteiger partial charge in [0.2, 0.25) is 0 Å². The molecule has 0 aromatic heterocycles. The Bertz CT molecular complexity index is 99.7. The van der Waals surface area contributed by atoms with Gasteiger partial charge in [-0.1, -0.05) is 19.9 Å². The van der Waals surface area contributed by atoms with Crippen LogP contribution in [0, 0.1) is 5.92 Å². The van der Waals surface area contributed by atoms with Crippen molar-refractivity contribution < 1.29 is 0 Å². The van der Waals surface area contributed by atoms with Crippen LogP contribution in [0.4, 0.5) is 0 Å². The molecule has 0 heterocycles. The van der Waals surface area contributed by atoms with Crippen molar-refractivity contribution in [3.63, 3.8) is 0 Å². The molecule has 0 radical (unpaired) electrons. The lowest BCUT2D eigenvalue weighted by Gasteiger charge is -2.19. The maximum absolute atomic E-state index is 5.57. The molecule has 0 aliphatic heterocycles. The van der Waals surface area contributed by atoms with Gasteiger partial charge in [-0.15, -0.1) is 6.58 Å². The quantitative estimate of drug-likeness (QED) is 0.447. The lowest BCUT2D eigenvalue weighted by Crippen LogP contribution is -2.40. The van der Waals surface area contributed by atoms with Gasteiger partial charge in [-0.05, 0) is 18.9 Å². The summed E-state index contributed by atoms with van der Waals surface area (Å²) in [4.78, 5) is 0. The number of nitrogens with two attached hydrogens (primary N) is 1. The molecule has 0 bridgehead atoms. The van der Waals surface area contributed by atoms with Gasteiger partial charge in [0.15, 0.2) is 0 Å². The third-order valence-electron chi connectivity index (χ3n) is 1.81. The van der Waals surface area contributed by atoms with Crippen LogP contribution in [0.3, 0.4) is 0 Å². The first-order valence-corrected chi connectivity index (χ1v) is 4.26. The zero-order valence-electron chi connectivity index (χ0n) is 7.64. The molecule has 3 N–H and O–H groups in total. The fourth-order valence-corrected chi connectivity index (χ4v) is 0.962. The summed E-state index contributed by atoms with van der Waals surface area (Å²) in [6.45, 7) is 9.72. The van der Waals surface area contributed by atoms with Crippen molar-refractivity contribution in [2.75, 3.05) is 13.1 Å². The third kappa shape index (κ3) is 4.99. The highest BCUT2D eigenvalue weighted by molar-refractivity contribution is 4.74. The molecule has 0 fully saturated rings. The summed E-state index contributed by atoms with van der Waals surface area (Å²) in [5, 5.41) is 3.37. The average Bonchev–Trinajstić information content (AvgIpc) is 1.97. The highest BCUT2D eigenvalue weighted by Gasteiger charge is 2.08. The summed E-state index contributed by atoms with van der Waals surface area (Å²) in [7, 11) is 0. The summed E-state index contributed by atoms with van der Waals surface area (Å²) >= 11 is 0. The molecule has 0 aliphatic rings. The molecule has 66 valence electrons. The Morgan fingerprint density at radius 1 is 1.55 bits per heavy atom. The van der Waals surface area contributed by atoms with Crippen LogP contribution in [-0.2, 0) is 0 Å². The minimum atomic E-state index is 0.454. The lowest BCUT2D eigenvalue weighted by atomic mass is 10.0. The molecule has 2 heteroatoms. The summed E-state index contributed by atoms with van der Waals surface area (Å²) in [6, 6.07) is 0.454. The van der Waals surface area contributed by atoms with E-state index in [-0.39, 0.29) is 0 Å². The Hall–Kier alpha value is -0.340. The molecule has 0 saturated heterocycles. The molecule has 0 saturated carbocycles. The molecule has 1 atom stereocenters. The highest BCUT2D eigenvalue weighted by Crippen LogP contribution is 1.98. The van der Waals surface area contributed by atoms with E-state index in [4.69, 9.17) is 5.73 Å². The van der Waals surface area contributed by atoms with Crippen molar-refractivity contribution in [3.05, 3.63) is 12.7 Å². The Morgan fingerprint density at radius 2 is 2.18 bits per heavy atom. The average molecular weight is 156 g/mol. The Labute approximate surface area is 69.9 Å². The second-order valence-electron chi connectivity index (χ2n) is 3.12. The van der Waals surface area contributed by atoms with Gasteiger partial charge >= 0.3 is 0 Å². The SMILES string of the molecule is C=CCCNC(CN)C(C)C. The van der Waals surface area contributed by atoms with Crippen molar-refractivity contribution in [1.29, 1.82) is 0 Å².